The first-order valence-corrected chi connectivity index (χ1v) is 9.45. The quantitative estimate of drug-likeness (QED) is 0.868. The van der Waals surface area contributed by atoms with Crippen molar-refractivity contribution < 1.29 is 9.32 Å². The fraction of sp³-hybridized carbons (Fsp3) is 0.579. The monoisotopic (exact) mass is 370 g/mol. The Hall–Kier alpha value is -2.48. The summed E-state index contributed by atoms with van der Waals surface area (Å²) in [6.45, 7) is 7.01. The molecule has 2 fully saturated rings. The fourth-order valence-corrected chi connectivity index (χ4v) is 4.69. The highest BCUT2D eigenvalue weighted by Gasteiger charge is 2.56. The van der Waals surface area contributed by atoms with E-state index in [1.54, 1.807) is 19.4 Å². The van der Waals surface area contributed by atoms with Crippen LogP contribution in [0.5, 0.6) is 0 Å². The van der Waals surface area contributed by atoms with Gasteiger partial charge in [-0.15, -0.1) is 0 Å². The number of anilines is 1. The van der Waals surface area contributed by atoms with E-state index in [0.717, 1.165) is 49.5 Å². The Balaban J connectivity index is 1.66. The van der Waals surface area contributed by atoms with Crippen molar-refractivity contribution in [1.29, 1.82) is 0 Å². The number of hydrogen-bond donors (Lipinski definition) is 1. The zero-order valence-electron chi connectivity index (χ0n) is 16.1. The molecule has 2 aliphatic heterocycles. The van der Waals surface area contributed by atoms with Crippen molar-refractivity contribution in [2.45, 2.75) is 39.3 Å². The van der Waals surface area contributed by atoms with E-state index in [-0.39, 0.29) is 11.9 Å². The summed E-state index contributed by atoms with van der Waals surface area (Å²) in [5, 5.41) is 6.98. The summed E-state index contributed by atoms with van der Waals surface area (Å²) in [4.78, 5) is 26.4. The molecule has 1 amide bonds. The molecular weight excluding hydrogens is 344 g/mol. The lowest BCUT2D eigenvalue weighted by atomic mass is 9.74. The van der Waals surface area contributed by atoms with Gasteiger partial charge in [-0.05, 0) is 32.8 Å². The van der Waals surface area contributed by atoms with Crippen LogP contribution in [0.3, 0.4) is 0 Å². The normalized spacial score (nSPS) is 25.4. The molecule has 4 rings (SSSR count). The van der Waals surface area contributed by atoms with Crippen LogP contribution in [0, 0.1) is 19.3 Å². The van der Waals surface area contributed by atoms with Gasteiger partial charge < -0.3 is 14.7 Å². The minimum atomic E-state index is -0.453. The molecular formula is C19H26N6O2. The highest BCUT2D eigenvalue weighted by molar-refractivity contribution is 5.85. The summed E-state index contributed by atoms with van der Waals surface area (Å²) in [5.41, 5.74) is 1.58. The second-order valence-electron chi connectivity index (χ2n) is 7.57. The first-order chi connectivity index (χ1) is 13.0. The van der Waals surface area contributed by atoms with E-state index in [2.05, 4.69) is 30.2 Å². The molecule has 0 spiro atoms. The average Bonchev–Trinajstić information content (AvgIpc) is 3.23. The Morgan fingerprint density at radius 3 is 2.81 bits per heavy atom. The first kappa shape index (κ1) is 17.9. The van der Waals surface area contributed by atoms with Crippen LogP contribution in [-0.2, 0) is 11.3 Å². The number of amides is 1. The summed E-state index contributed by atoms with van der Waals surface area (Å²) in [7, 11) is 1.73. The molecule has 0 bridgehead atoms. The van der Waals surface area contributed by atoms with Crippen molar-refractivity contribution in [2.75, 3.05) is 31.6 Å². The van der Waals surface area contributed by atoms with Crippen LogP contribution in [0.1, 0.15) is 29.9 Å². The van der Waals surface area contributed by atoms with Gasteiger partial charge in [0.05, 0.1) is 17.2 Å². The molecule has 2 atom stereocenters. The SMILES string of the molecule is CNC(=O)[C@]12CCCN(c3ncccn3)[C@H]1CN(Cc1c(C)noc1C)C2. The molecule has 1 N–H and O–H groups in total. The van der Waals surface area contributed by atoms with Gasteiger partial charge in [0, 0.05) is 51.2 Å². The number of nitrogens with one attached hydrogen (secondary N) is 1. The number of nitrogens with zero attached hydrogens (tertiary/aromatic N) is 5. The van der Waals surface area contributed by atoms with E-state index in [4.69, 9.17) is 4.52 Å². The van der Waals surface area contributed by atoms with E-state index in [9.17, 15) is 4.79 Å². The smallest absolute Gasteiger partial charge is 0.229 e. The highest BCUT2D eigenvalue weighted by Crippen LogP contribution is 2.43. The Bertz CT molecular complexity index is 803. The maximum Gasteiger partial charge on any atom is 0.229 e. The minimum Gasteiger partial charge on any atom is -0.361 e. The number of hydrogen-bond acceptors (Lipinski definition) is 7. The van der Waals surface area contributed by atoms with Crippen molar-refractivity contribution in [3.63, 3.8) is 0 Å². The molecule has 0 aromatic carbocycles. The van der Waals surface area contributed by atoms with E-state index in [0.29, 0.717) is 12.5 Å². The van der Waals surface area contributed by atoms with Crippen molar-refractivity contribution in [3.8, 4) is 0 Å². The molecule has 2 aromatic heterocycles. The number of aryl methyl sites for hydroxylation is 2. The number of carbonyl (C=O) groups excluding carboxylic acids is 1. The van der Waals surface area contributed by atoms with Crippen LogP contribution in [0.4, 0.5) is 5.95 Å². The Morgan fingerprint density at radius 1 is 1.37 bits per heavy atom. The molecule has 4 heterocycles. The maximum atomic E-state index is 13.0. The van der Waals surface area contributed by atoms with Crippen molar-refractivity contribution in [2.24, 2.45) is 5.41 Å². The Labute approximate surface area is 158 Å². The zero-order chi connectivity index (χ0) is 19.0. The zero-order valence-corrected chi connectivity index (χ0v) is 16.1. The fourth-order valence-electron chi connectivity index (χ4n) is 4.69. The first-order valence-electron chi connectivity index (χ1n) is 9.45. The second kappa shape index (κ2) is 6.92. The van der Waals surface area contributed by atoms with Gasteiger partial charge in [-0.1, -0.05) is 5.16 Å². The van der Waals surface area contributed by atoms with Gasteiger partial charge in [-0.25, -0.2) is 9.97 Å². The van der Waals surface area contributed by atoms with Gasteiger partial charge in [-0.2, -0.15) is 0 Å². The molecule has 2 aromatic rings. The molecule has 8 nitrogen and oxygen atoms in total. The molecule has 2 aliphatic rings. The van der Waals surface area contributed by atoms with Gasteiger partial charge in [-0.3, -0.25) is 9.69 Å². The molecule has 27 heavy (non-hydrogen) atoms. The molecule has 8 heteroatoms. The average molecular weight is 370 g/mol. The Morgan fingerprint density at radius 2 is 2.15 bits per heavy atom. The van der Waals surface area contributed by atoms with E-state index in [1.165, 1.54) is 0 Å². The number of aromatic nitrogens is 3. The van der Waals surface area contributed by atoms with Crippen LogP contribution >= 0.6 is 0 Å². The van der Waals surface area contributed by atoms with Gasteiger partial charge in [0.2, 0.25) is 11.9 Å². The summed E-state index contributed by atoms with van der Waals surface area (Å²) >= 11 is 0. The largest absolute Gasteiger partial charge is 0.361 e. The molecule has 144 valence electrons. The van der Waals surface area contributed by atoms with Gasteiger partial charge >= 0.3 is 0 Å². The highest BCUT2D eigenvalue weighted by atomic mass is 16.5. The van der Waals surface area contributed by atoms with Crippen LogP contribution in [0.15, 0.2) is 23.0 Å². The number of piperidine rings is 1. The molecule has 2 saturated heterocycles. The summed E-state index contributed by atoms with van der Waals surface area (Å²) in [5.74, 6) is 1.66. The van der Waals surface area contributed by atoms with Crippen molar-refractivity contribution in [3.05, 3.63) is 35.5 Å². The molecule has 0 unspecified atom stereocenters. The predicted octanol–water partition coefficient (Wildman–Crippen LogP) is 1.30. The third-order valence-electron chi connectivity index (χ3n) is 6.02. The topological polar surface area (TPSA) is 87.4 Å². The standard InChI is InChI=1S/C19H26N6O2/c1-13-15(14(2)27-23-13)10-24-11-16-19(12-24,17(26)20-3)6-4-9-25(16)18-21-7-5-8-22-18/h5,7-8,16H,4,6,9-12H2,1-3H3,(H,20,26)/t16-,19-/m0/s1. The second-order valence-corrected chi connectivity index (χ2v) is 7.57. The predicted molar refractivity (Wildman–Crippen MR) is 100 cm³/mol. The summed E-state index contributed by atoms with van der Waals surface area (Å²) < 4.78 is 5.32. The number of rotatable bonds is 4. The van der Waals surface area contributed by atoms with Crippen LogP contribution in [0.25, 0.3) is 0 Å². The minimum absolute atomic E-state index is 0.0501. The van der Waals surface area contributed by atoms with Gasteiger partial charge in [0.1, 0.15) is 5.76 Å². The van der Waals surface area contributed by atoms with Gasteiger partial charge in [0.25, 0.3) is 0 Å². The maximum absolute atomic E-state index is 13.0. The van der Waals surface area contributed by atoms with E-state index < -0.39 is 5.41 Å². The molecule has 0 aliphatic carbocycles. The van der Waals surface area contributed by atoms with E-state index >= 15 is 0 Å². The summed E-state index contributed by atoms with van der Waals surface area (Å²) in [6.07, 6.45) is 5.34. The molecule has 0 saturated carbocycles. The lowest BCUT2D eigenvalue weighted by Crippen LogP contribution is -2.58. The van der Waals surface area contributed by atoms with E-state index in [1.807, 2.05) is 19.9 Å². The number of carbonyl (C=O) groups is 1. The third kappa shape index (κ3) is 2.97. The van der Waals surface area contributed by atoms with Crippen molar-refractivity contribution in [1.82, 2.24) is 25.3 Å². The van der Waals surface area contributed by atoms with Crippen molar-refractivity contribution >= 4 is 11.9 Å². The lowest BCUT2D eigenvalue weighted by Gasteiger charge is -2.44. The lowest BCUT2D eigenvalue weighted by molar-refractivity contribution is -0.131. The van der Waals surface area contributed by atoms with Gasteiger partial charge in [0.15, 0.2) is 0 Å². The van der Waals surface area contributed by atoms with Crippen LogP contribution in [-0.4, -0.2) is 58.7 Å². The Kier molecular flexibility index (Phi) is 4.59. The third-order valence-corrected chi connectivity index (χ3v) is 6.02. The van der Waals surface area contributed by atoms with Crippen LogP contribution < -0.4 is 10.2 Å². The number of fused-ring (bicyclic) bond motifs is 1. The molecule has 0 radical (unpaired) electrons. The van der Waals surface area contributed by atoms with Crippen LogP contribution in [0.2, 0.25) is 0 Å². The summed E-state index contributed by atoms with van der Waals surface area (Å²) in [6, 6.07) is 1.87. The number of likely N-dealkylation sites (tertiary alicyclic amines) is 1.